The molecule has 1 rings (SSSR count). The molecule has 0 bridgehead atoms. The smallest absolute Gasteiger partial charge is 0.207 e. The zero-order valence-electron chi connectivity index (χ0n) is 17.2. The summed E-state index contributed by atoms with van der Waals surface area (Å²) in [6.45, 7) is 11.3. The van der Waals surface area contributed by atoms with Crippen LogP contribution in [0.3, 0.4) is 0 Å². The number of carbonyl (C=O) groups excluding carboxylic acids is 2. The number of allylic oxidation sites excluding steroid dienone is 5. The van der Waals surface area contributed by atoms with Crippen LogP contribution in [0.4, 0.5) is 0 Å². The van der Waals surface area contributed by atoms with E-state index in [1.165, 1.54) is 0 Å². The van der Waals surface area contributed by atoms with E-state index in [0.29, 0.717) is 6.42 Å². The van der Waals surface area contributed by atoms with Gasteiger partial charge in [-0.15, -0.1) is 0 Å². The van der Waals surface area contributed by atoms with Crippen LogP contribution in [0.15, 0.2) is 46.0 Å². The minimum absolute atomic E-state index is 0.0405. The summed E-state index contributed by atoms with van der Waals surface area (Å²) in [7, 11) is 0. The number of Topliss-reactive ketones (excluding diaryl/α,β-unsaturated/α-hetero) is 2. The van der Waals surface area contributed by atoms with E-state index in [9.17, 15) is 24.9 Å². The van der Waals surface area contributed by atoms with Gasteiger partial charge in [0.2, 0.25) is 5.60 Å². The minimum Gasteiger partial charge on any atom is -0.507 e. The van der Waals surface area contributed by atoms with Crippen molar-refractivity contribution < 1.29 is 24.9 Å². The highest BCUT2D eigenvalue weighted by molar-refractivity contribution is 6.06. The van der Waals surface area contributed by atoms with Crippen LogP contribution < -0.4 is 0 Å². The molecule has 0 aliphatic heterocycles. The van der Waals surface area contributed by atoms with Gasteiger partial charge in [0.1, 0.15) is 11.3 Å². The van der Waals surface area contributed by atoms with Crippen molar-refractivity contribution in [1.82, 2.24) is 0 Å². The van der Waals surface area contributed by atoms with Crippen molar-refractivity contribution in [1.29, 1.82) is 0 Å². The second kappa shape index (κ2) is 9.18. The van der Waals surface area contributed by atoms with Crippen molar-refractivity contribution in [2.75, 3.05) is 0 Å². The van der Waals surface area contributed by atoms with E-state index in [1.807, 2.05) is 41.5 Å². The van der Waals surface area contributed by atoms with E-state index in [0.717, 1.165) is 11.1 Å². The topological polar surface area (TPSA) is 94.8 Å². The van der Waals surface area contributed by atoms with Crippen molar-refractivity contribution in [2.24, 2.45) is 5.92 Å². The summed E-state index contributed by atoms with van der Waals surface area (Å²) >= 11 is 0. The maximum absolute atomic E-state index is 12.8. The lowest BCUT2D eigenvalue weighted by Gasteiger charge is -2.24. The van der Waals surface area contributed by atoms with Crippen LogP contribution in [-0.2, 0) is 9.59 Å². The Hall–Kier alpha value is -2.14. The lowest BCUT2D eigenvalue weighted by molar-refractivity contribution is -0.132. The van der Waals surface area contributed by atoms with Crippen LogP contribution in [0.25, 0.3) is 0 Å². The predicted molar refractivity (Wildman–Crippen MR) is 106 cm³/mol. The third-order valence-electron chi connectivity index (χ3n) is 4.58. The number of aliphatic hydroxyl groups excluding tert-OH is 2. The molecule has 0 heterocycles. The van der Waals surface area contributed by atoms with Crippen LogP contribution in [-0.4, -0.2) is 32.5 Å². The molecule has 1 unspecified atom stereocenters. The molecule has 0 fully saturated rings. The fourth-order valence-corrected chi connectivity index (χ4v) is 2.86. The minimum atomic E-state index is -2.37. The van der Waals surface area contributed by atoms with Crippen molar-refractivity contribution in [3.8, 4) is 0 Å². The van der Waals surface area contributed by atoms with Gasteiger partial charge in [0.25, 0.3) is 0 Å². The first-order valence-electron chi connectivity index (χ1n) is 9.35. The Labute approximate surface area is 161 Å². The van der Waals surface area contributed by atoms with E-state index < -0.39 is 28.7 Å². The van der Waals surface area contributed by atoms with Gasteiger partial charge in [0.05, 0.1) is 0 Å². The number of hydrogen-bond donors (Lipinski definition) is 3. The van der Waals surface area contributed by atoms with E-state index in [-0.39, 0.29) is 36.3 Å². The SMILES string of the molecule is CC(C)=CCC(=O)C1(O)C(O)=C(C(=O)CCC(C)C)C(O)=C1CC=C(C)C. The molecule has 0 radical (unpaired) electrons. The lowest BCUT2D eigenvalue weighted by Crippen LogP contribution is -2.41. The molecule has 3 N–H and O–H groups in total. The van der Waals surface area contributed by atoms with E-state index in [2.05, 4.69) is 0 Å². The normalized spacial score (nSPS) is 19.6. The van der Waals surface area contributed by atoms with Crippen LogP contribution >= 0.6 is 0 Å². The largest absolute Gasteiger partial charge is 0.507 e. The van der Waals surface area contributed by atoms with Gasteiger partial charge in [0, 0.05) is 18.4 Å². The number of ketones is 2. The second-order valence-corrected chi connectivity index (χ2v) is 8.01. The summed E-state index contributed by atoms with van der Waals surface area (Å²) in [4.78, 5) is 25.3. The first-order chi connectivity index (χ1) is 12.4. The molecule has 0 spiro atoms. The first-order valence-corrected chi connectivity index (χ1v) is 9.35. The van der Waals surface area contributed by atoms with Crippen LogP contribution in [0.2, 0.25) is 0 Å². The summed E-state index contributed by atoms with van der Waals surface area (Å²) in [5, 5.41) is 32.3. The molecular formula is C22H32O5. The Morgan fingerprint density at radius 2 is 1.59 bits per heavy atom. The Morgan fingerprint density at radius 3 is 2.07 bits per heavy atom. The number of rotatable bonds is 9. The van der Waals surface area contributed by atoms with Gasteiger partial charge in [-0.1, -0.05) is 37.1 Å². The number of carbonyl (C=O) groups is 2. The highest BCUT2D eigenvalue weighted by atomic mass is 16.4. The molecule has 1 aliphatic rings. The van der Waals surface area contributed by atoms with Gasteiger partial charge < -0.3 is 15.3 Å². The van der Waals surface area contributed by atoms with Gasteiger partial charge in [-0.3, -0.25) is 9.59 Å². The molecule has 0 saturated carbocycles. The molecule has 0 aromatic heterocycles. The molecule has 1 aliphatic carbocycles. The summed E-state index contributed by atoms with van der Waals surface area (Å²) in [6, 6.07) is 0. The van der Waals surface area contributed by atoms with Crippen molar-refractivity contribution >= 4 is 11.6 Å². The van der Waals surface area contributed by atoms with E-state index >= 15 is 0 Å². The van der Waals surface area contributed by atoms with Gasteiger partial charge >= 0.3 is 0 Å². The molecule has 5 heteroatoms. The highest BCUT2D eigenvalue weighted by Gasteiger charge is 2.52. The third kappa shape index (κ3) is 5.19. The van der Waals surface area contributed by atoms with E-state index in [4.69, 9.17) is 0 Å². The summed E-state index contributed by atoms with van der Waals surface area (Å²) in [5.74, 6) is -2.10. The van der Waals surface area contributed by atoms with Crippen molar-refractivity contribution in [3.05, 3.63) is 46.0 Å². The summed E-state index contributed by atoms with van der Waals surface area (Å²) in [6.07, 6.45) is 4.03. The number of aliphatic hydroxyl groups is 3. The fourth-order valence-electron chi connectivity index (χ4n) is 2.86. The molecule has 150 valence electrons. The van der Waals surface area contributed by atoms with Gasteiger partial charge in [-0.05, 0) is 46.5 Å². The zero-order chi connectivity index (χ0) is 20.9. The average Bonchev–Trinajstić information content (AvgIpc) is 2.75. The predicted octanol–water partition coefficient (Wildman–Crippen LogP) is 4.64. The molecule has 27 heavy (non-hydrogen) atoms. The summed E-state index contributed by atoms with van der Waals surface area (Å²) in [5.41, 5.74) is -0.929. The van der Waals surface area contributed by atoms with Gasteiger partial charge in [0.15, 0.2) is 17.3 Å². The Morgan fingerprint density at radius 1 is 1.04 bits per heavy atom. The third-order valence-corrected chi connectivity index (χ3v) is 4.58. The maximum Gasteiger partial charge on any atom is 0.207 e. The van der Waals surface area contributed by atoms with Crippen LogP contribution in [0.5, 0.6) is 0 Å². The molecule has 0 saturated heterocycles. The van der Waals surface area contributed by atoms with Crippen LogP contribution in [0.1, 0.15) is 67.2 Å². The standard InChI is InChI=1S/C22H32O5/c1-13(2)7-10-16-20(25)19(17(23)11-8-14(3)4)21(26)22(16,27)18(24)12-9-15(5)6/h7,9,14,25-27H,8,10-12H2,1-6H3. The molecular weight excluding hydrogens is 344 g/mol. The molecule has 0 aromatic rings. The van der Waals surface area contributed by atoms with Crippen molar-refractivity contribution in [2.45, 2.75) is 72.8 Å². The maximum atomic E-state index is 12.8. The second-order valence-electron chi connectivity index (χ2n) is 8.01. The lowest BCUT2D eigenvalue weighted by atomic mass is 9.86. The molecule has 0 amide bonds. The Bertz CT molecular complexity index is 726. The van der Waals surface area contributed by atoms with E-state index in [1.54, 1.807) is 12.2 Å². The van der Waals surface area contributed by atoms with Gasteiger partial charge in [-0.2, -0.15) is 0 Å². The van der Waals surface area contributed by atoms with Crippen molar-refractivity contribution in [3.63, 3.8) is 0 Å². The first kappa shape index (κ1) is 22.9. The molecule has 5 nitrogen and oxygen atoms in total. The average molecular weight is 376 g/mol. The zero-order valence-corrected chi connectivity index (χ0v) is 17.2. The fraction of sp³-hybridized carbons (Fsp3) is 0.545. The molecule has 1 atom stereocenters. The van der Waals surface area contributed by atoms with Crippen LogP contribution in [0, 0.1) is 5.92 Å². The Kier molecular flexibility index (Phi) is 7.78. The molecule has 0 aromatic carbocycles. The van der Waals surface area contributed by atoms with Gasteiger partial charge in [-0.25, -0.2) is 0 Å². The Balaban J connectivity index is 3.42. The summed E-state index contributed by atoms with van der Waals surface area (Å²) < 4.78 is 0. The highest BCUT2D eigenvalue weighted by Crippen LogP contribution is 2.42. The number of hydrogen-bond acceptors (Lipinski definition) is 5. The monoisotopic (exact) mass is 376 g/mol. The quantitative estimate of drug-likeness (QED) is 0.510.